The van der Waals surface area contributed by atoms with Gasteiger partial charge in [-0.3, -0.25) is 19.3 Å². The van der Waals surface area contributed by atoms with Crippen LogP contribution in [0.25, 0.3) is 0 Å². The molecule has 2 aromatic heterocycles. The Hall–Kier alpha value is -2.34. The van der Waals surface area contributed by atoms with Crippen molar-refractivity contribution in [1.82, 2.24) is 25.4 Å². The fourth-order valence-corrected chi connectivity index (χ4v) is 8.24. The summed E-state index contributed by atoms with van der Waals surface area (Å²) in [4.78, 5) is 54.0. The molecule has 2 aliphatic rings. The molecule has 2 aliphatic heterocycles. The molecule has 2 amide bonds. The standard InChI is InChI=1S/C19H20N6O6S5/c1-2-31-11(27)7-35-19-24-23-18(36-19)34-5-8-4-32-15-12(14(28)25(15)13(8)16(29)30)22-10(26)3-9-6-33-17(20)21-9/h6,12,15H,2-5,7H2,1H3,(H2,20,21)(H,22,26)(H,29,30)/t12?,15-/m0/s1. The highest BCUT2D eigenvalue weighted by molar-refractivity contribution is 8.03. The molecule has 17 heteroatoms. The summed E-state index contributed by atoms with van der Waals surface area (Å²) in [6.45, 7) is 2.05. The number of esters is 1. The summed E-state index contributed by atoms with van der Waals surface area (Å²) < 4.78 is 6.11. The van der Waals surface area contributed by atoms with Gasteiger partial charge in [-0.2, -0.15) is 0 Å². The molecule has 192 valence electrons. The molecule has 0 radical (unpaired) electrons. The summed E-state index contributed by atoms with van der Waals surface area (Å²) in [6.07, 6.45) is -0.0136. The number of nitrogen functional groups attached to an aromatic ring is 1. The number of rotatable bonds is 11. The molecule has 0 aromatic carbocycles. The molecule has 0 bridgehead atoms. The molecule has 1 unspecified atom stereocenters. The molecule has 36 heavy (non-hydrogen) atoms. The summed E-state index contributed by atoms with van der Waals surface area (Å²) in [5.41, 5.74) is 6.62. The second kappa shape index (κ2) is 11.8. The van der Waals surface area contributed by atoms with Crippen molar-refractivity contribution in [1.29, 1.82) is 0 Å². The second-order valence-corrected chi connectivity index (χ2v) is 12.7. The average molecular weight is 589 g/mol. The Bertz CT molecular complexity index is 1220. The van der Waals surface area contributed by atoms with Crippen LogP contribution < -0.4 is 11.1 Å². The SMILES string of the molecule is CCOC(=O)CSc1nnc(SCC2=C(C(=O)O)N3C(=O)C(NC(=O)Cc4csc(N)n4)[C@@H]3SC2)s1. The van der Waals surface area contributed by atoms with E-state index in [4.69, 9.17) is 10.5 Å². The summed E-state index contributed by atoms with van der Waals surface area (Å²) in [5.74, 6) is -1.55. The van der Waals surface area contributed by atoms with Crippen LogP contribution in [0.3, 0.4) is 0 Å². The number of hydrogen-bond donors (Lipinski definition) is 3. The Morgan fingerprint density at radius 2 is 2.06 bits per heavy atom. The van der Waals surface area contributed by atoms with Crippen molar-refractivity contribution in [2.75, 3.05) is 29.6 Å². The zero-order chi connectivity index (χ0) is 25.8. The van der Waals surface area contributed by atoms with Gasteiger partial charge in [0.25, 0.3) is 5.91 Å². The Labute approximate surface area is 225 Å². The van der Waals surface area contributed by atoms with Crippen LogP contribution in [0.15, 0.2) is 25.3 Å². The van der Waals surface area contributed by atoms with Crippen LogP contribution in [0.5, 0.6) is 0 Å². The molecule has 1 saturated heterocycles. The predicted octanol–water partition coefficient (Wildman–Crippen LogP) is 1.31. The quantitative estimate of drug-likeness (QED) is 0.195. The predicted molar refractivity (Wildman–Crippen MR) is 138 cm³/mol. The maximum absolute atomic E-state index is 12.8. The van der Waals surface area contributed by atoms with Gasteiger partial charge in [0.15, 0.2) is 13.8 Å². The normalized spacial score (nSPS) is 19.0. The van der Waals surface area contributed by atoms with Gasteiger partial charge in [-0.05, 0) is 12.5 Å². The minimum Gasteiger partial charge on any atom is -0.477 e. The van der Waals surface area contributed by atoms with Gasteiger partial charge in [-0.15, -0.1) is 33.3 Å². The number of carboxylic acids is 1. The first-order valence-corrected chi connectivity index (χ1v) is 15.1. The largest absolute Gasteiger partial charge is 0.477 e. The minimum atomic E-state index is -1.20. The summed E-state index contributed by atoms with van der Waals surface area (Å²) >= 11 is 6.45. The van der Waals surface area contributed by atoms with E-state index in [1.807, 2.05) is 0 Å². The van der Waals surface area contributed by atoms with Gasteiger partial charge in [-0.25, -0.2) is 9.78 Å². The lowest BCUT2D eigenvalue weighted by atomic mass is 10.0. The van der Waals surface area contributed by atoms with Gasteiger partial charge in [0.05, 0.1) is 24.5 Å². The number of aliphatic carboxylic acids is 1. The number of carbonyl (C=O) groups is 4. The van der Waals surface area contributed by atoms with E-state index >= 15 is 0 Å². The number of amides is 2. The monoisotopic (exact) mass is 588 g/mol. The van der Waals surface area contributed by atoms with Crippen molar-refractivity contribution < 1.29 is 29.0 Å². The number of nitrogens with one attached hydrogen (secondary N) is 1. The molecule has 4 heterocycles. The maximum atomic E-state index is 12.8. The molecule has 12 nitrogen and oxygen atoms in total. The number of anilines is 1. The molecule has 1 fully saturated rings. The third kappa shape index (κ3) is 6.13. The van der Waals surface area contributed by atoms with E-state index in [0.717, 1.165) is 0 Å². The average Bonchev–Trinajstić information content (AvgIpc) is 3.47. The van der Waals surface area contributed by atoms with Crippen molar-refractivity contribution in [3.63, 3.8) is 0 Å². The fraction of sp³-hybridized carbons (Fsp3) is 0.421. The van der Waals surface area contributed by atoms with Gasteiger partial charge in [0.2, 0.25) is 5.91 Å². The van der Waals surface area contributed by atoms with Crippen molar-refractivity contribution in [2.45, 2.75) is 33.4 Å². The summed E-state index contributed by atoms with van der Waals surface area (Å²) in [5, 5.41) is 22.2. The highest BCUT2D eigenvalue weighted by Crippen LogP contribution is 2.42. The smallest absolute Gasteiger partial charge is 0.352 e. The molecule has 0 saturated carbocycles. The Morgan fingerprint density at radius 3 is 2.72 bits per heavy atom. The van der Waals surface area contributed by atoms with Gasteiger partial charge in [-0.1, -0.05) is 34.9 Å². The van der Waals surface area contributed by atoms with Crippen molar-refractivity contribution in [3.8, 4) is 0 Å². The lowest BCUT2D eigenvalue weighted by Gasteiger charge is -2.49. The van der Waals surface area contributed by atoms with E-state index < -0.39 is 23.3 Å². The van der Waals surface area contributed by atoms with Crippen LogP contribution in [-0.2, 0) is 30.3 Å². The number of hydrogen-bond acceptors (Lipinski definition) is 14. The molecule has 0 aliphatic carbocycles. The van der Waals surface area contributed by atoms with E-state index in [1.165, 1.54) is 62.9 Å². The van der Waals surface area contributed by atoms with Crippen LogP contribution in [0.4, 0.5) is 5.13 Å². The van der Waals surface area contributed by atoms with Crippen LogP contribution in [0.1, 0.15) is 12.6 Å². The fourth-order valence-electron chi connectivity index (χ4n) is 3.37. The van der Waals surface area contributed by atoms with E-state index in [9.17, 15) is 24.3 Å². The van der Waals surface area contributed by atoms with Crippen LogP contribution in [0, 0.1) is 0 Å². The molecule has 2 atom stereocenters. The van der Waals surface area contributed by atoms with Crippen LogP contribution in [0.2, 0.25) is 0 Å². The van der Waals surface area contributed by atoms with Crippen LogP contribution >= 0.6 is 58.0 Å². The summed E-state index contributed by atoms with van der Waals surface area (Å²) in [7, 11) is 0. The number of carbonyl (C=O) groups excluding carboxylic acids is 3. The number of ether oxygens (including phenoxy) is 1. The first kappa shape index (κ1) is 26.7. The third-order valence-electron chi connectivity index (χ3n) is 4.85. The number of thiazole rings is 1. The van der Waals surface area contributed by atoms with Gasteiger partial charge in [0.1, 0.15) is 17.1 Å². The van der Waals surface area contributed by atoms with E-state index in [2.05, 4.69) is 20.5 Å². The summed E-state index contributed by atoms with van der Waals surface area (Å²) in [6, 6.07) is -0.802. The van der Waals surface area contributed by atoms with Gasteiger partial charge in [0, 0.05) is 16.9 Å². The first-order chi connectivity index (χ1) is 17.3. The highest BCUT2D eigenvalue weighted by Gasteiger charge is 2.54. The Kier molecular flexibility index (Phi) is 8.76. The number of aromatic nitrogens is 3. The molecule has 4 N–H and O–H groups in total. The molecule has 2 aromatic rings. The number of nitrogens with zero attached hydrogens (tertiary/aromatic N) is 4. The number of thioether (sulfide) groups is 3. The first-order valence-electron chi connectivity index (χ1n) is 10.4. The van der Waals surface area contributed by atoms with Gasteiger partial charge < -0.3 is 20.9 Å². The molecule has 0 spiro atoms. The van der Waals surface area contributed by atoms with E-state index in [1.54, 1.807) is 12.3 Å². The third-order valence-corrected chi connectivity index (χ3v) is 10.2. The zero-order valence-corrected chi connectivity index (χ0v) is 22.7. The Balaban J connectivity index is 1.35. The molecular formula is C19H20N6O6S5. The molecular weight excluding hydrogens is 569 g/mol. The minimum absolute atomic E-state index is 0.0136. The number of β-lactam (4-membered cyclic amide) rings is 1. The van der Waals surface area contributed by atoms with Crippen molar-refractivity contribution in [3.05, 3.63) is 22.3 Å². The van der Waals surface area contributed by atoms with E-state index in [-0.39, 0.29) is 29.7 Å². The van der Waals surface area contributed by atoms with E-state index in [0.29, 0.717) is 43.2 Å². The Morgan fingerprint density at radius 1 is 1.31 bits per heavy atom. The number of fused-ring (bicyclic) bond motifs is 1. The number of nitrogens with two attached hydrogens (primary N) is 1. The molecule has 4 rings (SSSR count). The second-order valence-electron chi connectivity index (χ2n) is 7.28. The zero-order valence-electron chi connectivity index (χ0n) is 18.7. The van der Waals surface area contributed by atoms with Crippen LogP contribution in [-0.4, -0.2) is 84.2 Å². The van der Waals surface area contributed by atoms with Crippen molar-refractivity contribution in [2.24, 2.45) is 0 Å². The highest BCUT2D eigenvalue weighted by atomic mass is 32.2. The lowest BCUT2D eigenvalue weighted by Crippen LogP contribution is -2.70. The topological polar surface area (TPSA) is 178 Å². The van der Waals surface area contributed by atoms with Gasteiger partial charge >= 0.3 is 11.9 Å². The lowest BCUT2D eigenvalue weighted by molar-refractivity contribution is -0.150. The number of carboxylic acid groups (broad SMARTS) is 1. The van der Waals surface area contributed by atoms with Crippen molar-refractivity contribution >= 4 is 86.8 Å². The maximum Gasteiger partial charge on any atom is 0.352 e.